The molecule has 0 aliphatic heterocycles. The Balaban J connectivity index is 3.08. The highest BCUT2D eigenvalue weighted by molar-refractivity contribution is 6.53. The van der Waals surface area contributed by atoms with Crippen molar-refractivity contribution >= 4 is 19.0 Å². The zero-order chi connectivity index (χ0) is 7.40. The van der Waals surface area contributed by atoms with Crippen LogP contribution in [0.3, 0.4) is 0 Å². The zero-order valence-corrected chi connectivity index (χ0v) is 5.87. The van der Waals surface area contributed by atoms with Crippen LogP contribution in [0.1, 0.15) is 10.4 Å². The minimum Gasteiger partial charge on any atom is -0.298 e. The van der Waals surface area contributed by atoms with Gasteiger partial charge in [0.2, 0.25) is 0 Å². The number of rotatable bonds is 2. The molecule has 0 saturated carbocycles. The lowest BCUT2D eigenvalue weighted by Crippen LogP contribution is -2.15. The Morgan fingerprint density at radius 2 is 2.10 bits per heavy atom. The molecule has 1 radical (unpaired) electrons. The minimum atomic E-state index is 0.755. The van der Waals surface area contributed by atoms with Gasteiger partial charge >= 0.3 is 0 Å². The lowest BCUT2D eigenvalue weighted by Gasteiger charge is -1.96. The summed E-state index contributed by atoms with van der Waals surface area (Å²) in [5.74, 6) is 0. The second kappa shape index (κ2) is 3.21. The van der Waals surface area contributed by atoms with E-state index in [9.17, 15) is 4.79 Å². The van der Waals surface area contributed by atoms with Crippen molar-refractivity contribution in [1.29, 1.82) is 0 Å². The van der Waals surface area contributed by atoms with Crippen molar-refractivity contribution in [3.05, 3.63) is 29.8 Å². The Morgan fingerprint density at radius 3 is 2.60 bits per heavy atom. The second-order valence-corrected chi connectivity index (χ2v) is 2.04. The molecule has 0 aliphatic rings. The van der Waals surface area contributed by atoms with Crippen molar-refractivity contribution in [3.8, 4) is 0 Å². The molecule has 0 N–H and O–H groups in total. The van der Waals surface area contributed by atoms with Gasteiger partial charge in [-0.15, -0.1) is 0 Å². The first-order valence-corrected chi connectivity index (χ1v) is 3.22. The van der Waals surface area contributed by atoms with Gasteiger partial charge in [-0.3, -0.25) is 4.79 Å². The monoisotopic (exact) mass is 131 g/mol. The van der Waals surface area contributed by atoms with Crippen LogP contribution in [0.5, 0.6) is 0 Å². The molecule has 0 fully saturated rings. The minimum absolute atomic E-state index is 0.755. The van der Waals surface area contributed by atoms with Crippen molar-refractivity contribution in [2.75, 3.05) is 0 Å². The largest absolute Gasteiger partial charge is 0.298 e. The molecule has 0 bridgehead atoms. The Hall–Kier alpha value is -1.05. The first-order chi connectivity index (χ1) is 4.88. The topological polar surface area (TPSA) is 17.1 Å². The van der Waals surface area contributed by atoms with Crippen LogP contribution in [-0.2, 0) is 0 Å². The van der Waals surface area contributed by atoms with E-state index >= 15 is 0 Å². The lowest BCUT2D eigenvalue weighted by atomic mass is 9.71. The SMILES string of the molecule is C[B]c1ccccc1C=O. The summed E-state index contributed by atoms with van der Waals surface area (Å²) in [6, 6.07) is 7.51. The van der Waals surface area contributed by atoms with Crippen molar-refractivity contribution < 1.29 is 4.79 Å². The average Bonchev–Trinajstić information content (AvgIpc) is 2.04. The van der Waals surface area contributed by atoms with E-state index in [1.54, 1.807) is 0 Å². The quantitative estimate of drug-likeness (QED) is 0.430. The number of benzene rings is 1. The Bertz CT molecular complexity index is 232. The van der Waals surface area contributed by atoms with E-state index in [0.29, 0.717) is 0 Å². The summed E-state index contributed by atoms with van der Waals surface area (Å²) >= 11 is 0. The zero-order valence-electron chi connectivity index (χ0n) is 5.87. The van der Waals surface area contributed by atoms with Gasteiger partial charge in [0.25, 0.3) is 0 Å². The molecule has 0 aromatic heterocycles. The van der Waals surface area contributed by atoms with E-state index in [1.165, 1.54) is 0 Å². The summed E-state index contributed by atoms with van der Waals surface area (Å²) in [5.41, 5.74) is 1.75. The molecule has 0 spiro atoms. The van der Waals surface area contributed by atoms with Crippen LogP contribution in [-0.4, -0.2) is 13.6 Å². The molecule has 2 heteroatoms. The molecular weight excluding hydrogens is 123 g/mol. The van der Waals surface area contributed by atoms with Gasteiger partial charge in [0.15, 0.2) is 0 Å². The maximum Gasteiger partial charge on any atom is 0.149 e. The third-order valence-corrected chi connectivity index (χ3v) is 1.43. The molecule has 1 nitrogen and oxygen atoms in total. The Morgan fingerprint density at radius 1 is 1.40 bits per heavy atom. The number of carbonyl (C=O) groups excluding carboxylic acids is 1. The maximum atomic E-state index is 10.4. The summed E-state index contributed by atoms with van der Waals surface area (Å²) in [4.78, 5) is 10.4. The average molecular weight is 131 g/mol. The van der Waals surface area contributed by atoms with Gasteiger partial charge in [-0.25, -0.2) is 0 Å². The molecule has 0 saturated heterocycles. The van der Waals surface area contributed by atoms with Gasteiger partial charge in [-0.2, -0.15) is 0 Å². The van der Waals surface area contributed by atoms with Crippen molar-refractivity contribution in [2.24, 2.45) is 0 Å². The van der Waals surface area contributed by atoms with E-state index in [1.807, 2.05) is 38.4 Å². The molecule has 0 aliphatic carbocycles. The Kier molecular flexibility index (Phi) is 2.27. The third kappa shape index (κ3) is 1.27. The lowest BCUT2D eigenvalue weighted by molar-refractivity contribution is 0.112. The molecule has 0 atom stereocenters. The van der Waals surface area contributed by atoms with Crippen LogP contribution in [0, 0.1) is 0 Å². The number of hydrogen-bond acceptors (Lipinski definition) is 1. The van der Waals surface area contributed by atoms with Crippen LogP contribution in [0.2, 0.25) is 6.82 Å². The molecule has 10 heavy (non-hydrogen) atoms. The van der Waals surface area contributed by atoms with Gasteiger partial charge in [0.1, 0.15) is 13.6 Å². The molecule has 0 amide bonds. The van der Waals surface area contributed by atoms with E-state index in [2.05, 4.69) is 0 Å². The fourth-order valence-electron chi connectivity index (χ4n) is 0.881. The number of carbonyl (C=O) groups is 1. The highest BCUT2D eigenvalue weighted by Crippen LogP contribution is 1.90. The fraction of sp³-hybridized carbons (Fsp3) is 0.125. The maximum absolute atomic E-state index is 10.4. The fourth-order valence-corrected chi connectivity index (χ4v) is 0.881. The summed E-state index contributed by atoms with van der Waals surface area (Å²) in [6.45, 7) is 1.92. The highest BCUT2D eigenvalue weighted by Gasteiger charge is 1.95. The van der Waals surface area contributed by atoms with Crippen LogP contribution in [0.15, 0.2) is 24.3 Å². The van der Waals surface area contributed by atoms with Gasteiger partial charge in [-0.05, 0) is 0 Å². The molecule has 1 rings (SSSR count). The Labute approximate surface area is 61.3 Å². The van der Waals surface area contributed by atoms with E-state index in [-0.39, 0.29) is 0 Å². The molecule has 0 unspecified atom stereocenters. The first-order valence-electron chi connectivity index (χ1n) is 3.22. The van der Waals surface area contributed by atoms with Crippen molar-refractivity contribution in [1.82, 2.24) is 0 Å². The predicted octanol–water partition coefficient (Wildman–Crippen LogP) is 0.877. The van der Waals surface area contributed by atoms with Crippen LogP contribution < -0.4 is 5.46 Å². The summed E-state index contributed by atoms with van der Waals surface area (Å²) in [7, 11) is 1.92. The highest BCUT2D eigenvalue weighted by atomic mass is 16.1. The predicted molar refractivity (Wildman–Crippen MR) is 43.1 cm³/mol. The first kappa shape index (κ1) is 7.07. The van der Waals surface area contributed by atoms with Gasteiger partial charge in [-0.1, -0.05) is 36.6 Å². The van der Waals surface area contributed by atoms with E-state index < -0.39 is 0 Å². The van der Waals surface area contributed by atoms with Crippen molar-refractivity contribution in [3.63, 3.8) is 0 Å². The van der Waals surface area contributed by atoms with Gasteiger partial charge in [0, 0.05) is 5.56 Å². The van der Waals surface area contributed by atoms with Gasteiger partial charge < -0.3 is 0 Å². The van der Waals surface area contributed by atoms with Crippen LogP contribution in [0.25, 0.3) is 0 Å². The van der Waals surface area contributed by atoms with Crippen LogP contribution in [0.4, 0.5) is 0 Å². The molecular formula is C8H8BO. The second-order valence-electron chi connectivity index (χ2n) is 2.04. The number of hydrogen-bond donors (Lipinski definition) is 0. The standard InChI is InChI=1S/C8H8BO/c1-9-8-5-3-2-4-7(8)6-10/h2-6H,1H3. The molecule has 0 heterocycles. The van der Waals surface area contributed by atoms with Crippen LogP contribution >= 0.6 is 0 Å². The molecule has 1 aromatic rings. The summed E-state index contributed by atoms with van der Waals surface area (Å²) < 4.78 is 0. The molecule has 1 aromatic carbocycles. The van der Waals surface area contributed by atoms with E-state index in [0.717, 1.165) is 17.3 Å². The summed E-state index contributed by atoms with van der Waals surface area (Å²) in [5, 5.41) is 0. The third-order valence-electron chi connectivity index (χ3n) is 1.43. The number of aldehydes is 1. The summed E-state index contributed by atoms with van der Waals surface area (Å²) in [6.07, 6.45) is 0.870. The van der Waals surface area contributed by atoms with E-state index in [4.69, 9.17) is 0 Å². The van der Waals surface area contributed by atoms with Crippen molar-refractivity contribution in [2.45, 2.75) is 6.82 Å². The normalized spacial score (nSPS) is 8.90. The molecule has 49 valence electrons. The smallest absolute Gasteiger partial charge is 0.149 e. The van der Waals surface area contributed by atoms with Gasteiger partial charge in [0.05, 0.1) is 0 Å².